The largest absolute Gasteiger partial charge is 0.396 e. The van der Waals surface area contributed by atoms with E-state index in [2.05, 4.69) is 15.4 Å². The van der Waals surface area contributed by atoms with Crippen molar-refractivity contribution in [3.8, 4) is 0 Å². The summed E-state index contributed by atoms with van der Waals surface area (Å²) in [6.45, 7) is 2.67. The van der Waals surface area contributed by atoms with Gasteiger partial charge in [-0.25, -0.2) is 4.98 Å². The van der Waals surface area contributed by atoms with Crippen LogP contribution in [0.5, 0.6) is 0 Å². The number of aryl methyl sites for hydroxylation is 2. The summed E-state index contributed by atoms with van der Waals surface area (Å²) in [6.07, 6.45) is 3.70. The second-order valence-electron chi connectivity index (χ2n) is 3.71. The van der Waals surface area contributed by atoms with E-state index in [9.17, 15) is 0 Å². The van der Waals surface area contributed by atoms with Crippen molar-refractivity contribution in [2.75, 3.05) is 11.1 Å². The molecule has 0 saturated heterocycles. The maximum absolute atomic E-state index is 5.78. The van der Waals surface area contributed by atoms with Crippen LogP contribution in [0, 0.1) is 6.92 Å². The van der Waals surface area contributed by atoms with Gasteiger partial charge in [-0.2, -0.15) is 5.10 Å². The Morgan fingerprint density at radius 1 is 1.50 bits per heavy atom. The van der Waals surface area contributed by atoms with Gasteiger partial charge in [0.05, 0.1) is 11.4 Å². The van der Waals surface area contributed by atoms with E-state index in [1.807, 2.05) is 32.3 Å². The van der Waals surface area contributed by atoms with Crippen LogP contribution in [0.4, 0.5) is 11.5 Å². The number of pyridine rings is 1. The molecule has 0 fully saturated rings. The van der Waals surface area contributed by atoms with Crippen molar-refractivity contribution < 1.29 is 0 Å². The van der Waals surface area contributed by atoms with Gasteiger partial charge in [0.2, 0.25) is 0 Å². The van der Waals surface area contributed by atoms with Crippen LogP contribution in [0.25, 0.3) is 0 Å². The smallest absolute Gasteiger partial charge is 0.149 e. The van der Waals surface area contributed by atoms with Crippen LogP contribution in [0.1, 0.15) is 11.3 Å². The van der Waals surface area contributed by atoms with E-state index in [4.69, 9.17) is 5.73 Å². The lowest BCUT2D eigenvalue weighted by molar-refractivity contribution is 0.756. The number of hydrogen-bond donors (Lipinski definition) is 2. The third-order valence-electron chi connectivity index (χ3n) is 2.40. The number of anilines is 2. The predicted molar refractivity (Wildman–Crippen MR) is 63.9 cm³/mol. The molecule has 0 aliphatic carbocycles. The Morgan fingerprint density at radius 3 is 2.94 bits per heavy atom. The van der Waals surface area contributed by atoms with Gasteiger partial charge in [0.1, 0.15) is 5.82 Å². The average Bonchev–Trinajstić information content (AvgIpc) is 2.56. The van der Waals surface area contributed by atoms with Crippen molar-refractivity contribution in [1.82, 2.24) is 14.8 Å². The third kappa shape index (κ3) is 2.13. The summed E-state index contributed by atoms with van der Waals surface area (Å²) in [6, 6.07) is 3.64. The van der Waals surface area contributed by atoms with E-state index in [1.165, 1.54) is 0 Å². The average molecular weight is 217 g/mol. The Balaban J connectivity index is 2.08. The molecule has 0 unspecified atom stereocenters. The zero-order valence-electron chi connectivity index (χ0n) is 9.44. The van der Waals surface area contributed by atoms with Crippen LogP contribution < -0.4 is 11.1 Å². The van der Waals surface area contributed by atoms with Gasteiger partial charge in [-0.15, -0.1) is 0 Å². The fraction of sp³-hybridized carbons (Fsp3) is 0.273. The van der Waals surface area contributed by atoms with Crippen molar-refractivity contribution in [3.05, 3.63) is 35.8 Å². The van der Waals surface area contributed by atoms with Gasteiger partial charge >= 0.3 is 0 Å². The highest BCUT2D eigenvalue weighted by atomic mass is 15.3. The van der Waals surface area contributed by atoms with Crippen LogP contribution in [0.2, 0.25) is 0 Å². The van der Waals surface area contributed by atoms with E-state index in [0.29, 0.717) is 18.1 Å². The van der Waals surface area contributed by atoms with Gasteiger partial charge in [0.25, 0.3) is 0 Å². The van der Waals surface area contributed by atoms with Crippen LogP contribution in [0.3, 0.4) is 0 Å². The zero-order chi connectivity index (χ0) is 11.5. The molecule has 0 bridgehead atoms. The topological polar surface area (TPSA) is 68.8 Å². The van der Waals surface area contributed by atoms with Crippen molar-refractivity contribution >= 4 is 11.5 Å². The first-order chi connectivity index (χ1) is 7.66. The Labute approximate surface area is 94.3 Å². The fourth-order valence-corrected chi connectivity index (χ4v) is 1.57. The van der Waals surface area contributed by atoms with Crippen LogP contribution >= 0.6 is 0 Å². The van der Waals surface area contributed by atoms with Crippen molar-refractivity contribution in [3.63, 3.8) is 0 Å². The number of aromatic nitrogens is 3. The molecule has 16 heavy (non-hydrogen) atoms. The molecule has 0 amide bonds. The number of rotatable bonds is 3. The van der Waals surface area contributed by atoms with Gasteiger partial charge < -0.3 is 11.1 Å². The maximum Gasteiger partial charge on any atom is 0.149 e. The van der Waals surface area contributed by atoms with E-state index in [0.717, 1.165) is 11.3 Å². The highest BCUT2D eigenvalue weighted by molar-refractivity contribution is 5.60. The van der Waals surface area contributed by atoms with Gasteiger partial charge in [-0.05, 0) is 19.1 Å². The molecular weight excluding hydrogens is 202 g/mol. The molecule has 5 heteroatoms. The summed E-state index contributed by atoms with van der Waals surface area (Å²) < 4.78 is 1.80. The lowest BCUT2D eigenvalue weighted by Gasteiger charge is -2.06. The molecule has 0 saturated carbocycles. The predicted octanol–water partition coefficient (Wildman–Crippen LogP) is 1.32. The molecule has 84 valence electrons. The quantitative estimate of drug-likeness (QED) is 0.813. The van der Waals surface area contributed by atoms with Crippen LogP contribution in [-0.2, 0) is 13.6 Å². The molecule has 3 N–H and O–H groups in total. The molecule has 0 atom stereocenters. The minimum Gasteiger partial charge on any atom is -0.396 e. The Hall–Kier alpha value is -2.04. The van der Waals surface area contributed by atoms with Crippen molar-refractivity contribution in [2.45, 2.75) is 13.5 Å². The first kappa shape index (κ1) is 10.5. The number of hydrogen-bond acceptors (Lipinski definition) is 4. The maximum atomic E-state index is 5.78. The van der Waals surface area contributed by atoms with Crippen LogP contribution in [0.15, 0.2) is 24.5 Å². The van der Waals surface area contributed by atoms with Gasteiger partial charge in [0.15, 0.2) is 0 Å². The second kappa shape index (κ2) is 4.22. The van der Waals surface area contributed by atoms with Gasteiger partial charge in [-0.1, -0.05) is 0 Å². The fourth-order valence-electron chi connectivity index (χ4n) is 1.57. The highest BCUT2D eigenvalue weighted by Crippen LogP contribution is 2.15. The SMILES string of the molecule is Cc1nn(C)cc1CNc1ncccc1N. The van der Waals surface area contributed by atoms with E-state index >= 15 is 0 Å². The normalized spacial score (nSPS) is 10.4. The lowest BCUT2D eigenvalue weighted by Crippen LogP contribution is -2.04. The Bertz CT molecular complexity index is 489. The summed E-state index contributed by atoms with van der Waals surface area (Å²) in [7, 11) is 1.91. The zero-order valence-corrected chi connectivity index (χ0v) is 9.44. The monoisotopic (exact) mass is 217 g/mol. The molecule has 0 spiro atoms. The summed E-state index contributed by atoms with van der Waals surface area (Å²) in [5.74, 6) is 0.714. The third-order valence-corrected chi connectivity index (χ3v) is 2.40. The Kier molecular flexibility index (Phi) is 2.76. The number of nitrogens with zero attached hydrogens (tertiary/aromatic N) is 3. The summed E-state index contributed by atoms with van der Waals surface area (Å²) in [5, 5.41) is 7.46. The van der Waals surface area contributed by atoms with Crippen molar-refractivity contribution in [1.29, 1.82) is 0 Å². The van der Waals surface area contributed by atoms with Gasteiger partial charge in [0, 0.05) is 31.5 Å². The summed E-state index contributed by atoms with van der Waals surface area (Å²) in [4.78, 5) is 4.17. The first-order valence-corrected chi connectivity index (χ1v) is 5.10. The van der Waals surface area contributed by atoms with Gasteiger partial charge in [-0.3, -0.25) is 4.68 Å². The molecule has 0 aliphatic rings. The minimum atomic E-state index is 0.657. The minimum absolute atomic E-state index is 0.657. The Morgan fingerprint density at radius 2 is 2.31 bits per heavy atom. The van der Waals surface area contributed by atoms with E-state index < -0.39 is 0 Å². The van der Waals surface area contributed by atoms with E-state index in [-0.39, 0.29) is 0 Å². The number of nitrogen functional groups attached to an aromatic ring is 1. The molecule has 0 aliphatic heterocycles. The number of nitrogens with two attached hydrogens (primary N) is 1. The molecule has 2 aromatic rings. The standard InChI is InChI=1S/C11H15N5/c1-8-9(7-16(2)15-8)6-14-11-10(12)4-3-5-13-11/h3-5,7H,6,12H2,1-2H3,(H,13,14). The highest BCUT2D eigenvalue weighted by Gasteiger charge is 2.04. The second-order valence-corrected chi connectivity index (χ2v) is 3.71. The van der Waals surface area contributed by atoms with Crippen LogP contribution in [-0.4, -0.2) is 14.8 Å². The molecule has 2 rings (SSSR count). The molecule has 0 aromatic carbocycles. The molecule has 5 nitrogen and oxygen atoms in total. The molecule has 2 heterocycles. The number of nitrogens with one attached hydrogen (secondary N) is 1. The molecule has 2 aromatic heterocycles. The van der Waals surface area contributed by atoms with E-state index in [1.54, 1.807) is 10.9 Å². The molecule has 0 radical (unpaired) electrons. The summed E-state index contributed by atoms with van der Waals surface area (Å²) >= 11 is 0. The lowest BCUT2D eigenvalue weighted by atomic mass is 10.2. The van der Waals surface area contributed by atoms with Crippen molar-refractivity contribution in [2.24, 2.45) is 7.05 Å². The molecular formula is C11H15N5. The summed E-state index contributed by atoms with van der Waals surface area (Å²) in [5.41, 5.74) is 8.60. The first-order valence-electron chi connectivity index (χ1n) is 5.10.